The molecular formula is C15H10N4O2. The monoisotopic (exact) mass is 278 g/mol. The third-order valence-electron chi connectivity index (χ3n) is 3.33. The second kappa shape index (κ2) is 4.82. The molecule has 0 fully saturated rings. The van der Waals surface area contributed by atoms with Gasteiger partial charge in [-0.1, -0.05) is 0 Å². The predicted octanol–water partition coefficient (Wildman–Crippen LogP) is 3.84. The molecule has 1 N–H and O–H groups in total. The van der Waals surface area contributed by atoms with Crippen LogP contribution in [0.15, 0.2) is 51.7 Å². The van der Waals surface area contributed by atoms with Crippen molar-refractivity contribution in [3.63, 3.8) is 0 Å². The van der Waals surface area contributed by atoms with Crippen LogP contribution in [0.5, 0.6) is 0 Å². The van der Waals surface area contributed by atoms with Crippen LogP contribution in [0.1, 0.15) is 31.8 Å². The Bertz CT molecular complexity index is 824. The SMILES string of the molecule is CN=Nc1ccc2c(c1)C(=O)c1ccc(N=N)cc1C2=O. The first-order valence-corrected chi connectivity index (χ1v) is 6.20. The van der Waals surface area contributed by atoms with E-state index in [2.05, 4.69) is 15.3 Å². The highest BCUT2D eigenvalue weighted by atomic mass is 16.1. The first-order chi connectivity index (χ1) is 10.2. The van der Waals surface area contributed by atoms with Gasteiger partial charge >= 0.3 is 0 Å². The Morgan fingerprint density at radius 2 is 1.33 bits per heavy atom. The van der Waals surface area contributed by atoms with E-state index in [1.807, 2.05) is 0 Å². The molecule has 102 valence electrons. The van der Waals surface area contributed by atoms with Crippen molar-refractivity contribution in [2.75, 3.05) is 7.05 Å². The molecule has 0 atom stereocenters. The summed E-state index contributed by atoms with van der Waals surface area (Å²) in [5, 5.41) is 10.8. The maximum Gasteiger partial charge on any atom is 0.194 e. The number of carbonyl (C=O) groups is 2. The number of carbonyl (C=O) groups excluding carboxylic acids is 2. The molecule has 2 aromatic carbocycles. The van der Waals surface area contributed by atoms with Crippen LogP contribution >= 0.6 is 0 Å². The summed E-state index contributed by atoms with van der Waals surface area (Å²) in [6.45, 7) is 0. The minimum absolute atomic E-state index is 0.232. The van der Waals surface area contributed by atoms with Gasteiger partial charge in [-0.05, 0) is 36.4 Å². The van der Waals surface area contributed by atoms with Crippen LogP contribution < -0.4 is 0 Å². The van der Waals surface area contributed by atoms with Crippen molar-refractivity contribution in [1.29, 1.82) is 5.53 Å². The number of hydrogen-bond donors (Lipinski definition) is 1. The van der Waals surface area contributed by atoms with Gasteiger partial charge in [0.25, 0.3) is 0 Å². The zero-order chi connectivity index (χ0) is 15.0. The average Bonchev–Trinajstić information content (AvgIpc) is 2.52. The van der Waals surface area contributed by atoms with Crippen molar-refractivity contribution in [3.05, 3.63) is 58.7 Å². The predicted molar refractivity (Wildman–Crippen MR) is 75.0 cm³/mol. The Balaban J connectivity index is 2.22. The van der Waals surface area contributed by atoms with Gasteiger partial charge in [-0.3, -0.25) is 9.59 Å². The molecule has 1 aliphatic carbocycles. The highest BCUT2D eigenvalue weighted by Crippen LogP contribution is 2.32. The van der Waals surface area contributed by atoms with Crippen LogP contribution in [0.25, 0.3) is 0 Å². The third-order valence-corrected chi connectivity index (χ3v) is 3.33. The molecule has 2 aromatic rings. The number of rotatable bonds is 2. The first kappa shape index (κ1) is 13.0. The first-order valence-electron chi connectivity index (χ1n) is 6.20. The van der Waals surface area contributed by atoms with Crippen molar-refractivity contribution < 1.29 is 9.59 Å². The summed E-state index contributed by atoms with van der Waals surface area (Å²) in [7, 11) is 1.54. The van der Waals surface area contributed by atoms with E-state index in [9.17, 15) is 9.59 Å². The van der Waals surface area contributed by atoms with E-state index in [4.69, 9.17) is 5.53 Å². The van der Waals surface area contributed by atoms with E-state index < -0.39 is 0 Å². The maximum absolute atomic E-state index is 12.5. The highest BCUT2D eigenvalue weighted by Gasteiger charge is 2.30. The van der Waals surface area contributed by atoms with E-state index in [1.54, 1.807) is 18.2 Å². The van der Waals surface area contributed by atoms with Gasteiger partial charge in [0.15, 0.2) is 11.6 Å². The van der Waals surface area contributed by atoms with Crippen molar-refractivity contribution in [3.8, 4) is 0 Å². The minimum Gasteiger partial charge on any atom is -0.289 e. The smallest absolute Gasteiger partial charge is 0.194 e. The number of hydrogen-bond acceptors (Lipinski definition) is 6. The zero-order valence-electron chi connectivity index (χ0n) is 11.1. The molecule has 0 spiro atoms. The highest BCUT2D eigenvalue weighted by molar-refractivity contribution is 6.28. The fourth-order valence-corrected chi connectivity index (χ4v) is 2.37. The van der Waals surface area contributed by atoms with Gasteiger partial charge in [0.2, 0.25) is 0 Å². The number of benzene rings is 2. The second-order valence-electron chi connectivity index (χ2n) is 4.53. The van der Waals surface area contributed by atoms with Crippen molar-refractivity contribution in [1.82, 2.24) is 0 Å². The van der Waals surface area contributed by atoms with Gasteiger partial charge < -0.3 is 0 Å². The molecule has 0 unspecified atom stereocenters. The maximum atomic E-state index is 12.5. The van der Waals surface area contributed by atoms with E-state index >= 15 is 0 Å². The van der Waals surface area contributed by atoms with Crippen LogP contribution in [0.2, 0.25) is 0 Å². The van der Waals surface area contributed by atoms with Gasteiger partial charge in [0.1, 0.15) is 0 Å². The number of nitrogens with one attached hydrogen (secondary N) is 1. The fourth-order valence-electron chi connectivity index (χ4n) is 2.37. The molecule has 0 aliphatic heterocycles. The van der Waals surface area contributed by atoms with Gasteiger partial charge in [-0.25, -0.2) is 5.53 Å². The van der Waals surface area contributed by atoms with Crippen molar-refractivity contribution >= 4 is 22.9 Å². The lowest BCUT2D eigenvalue weighted by Gasteiger charge is -2.17. The van der Waals surface area contributed by atoms with Gasteiger partial charge in [0, 0.05) is 29.3 Å². The Morgan fingerprint density at radius 1 is 0.810 bits per heavy atom. The zero-order valence-corrected chi connectivity index (χ0v) is 11.1. The normalized spacial score (nSPS) is 13.2. The Kier molecular flexibility index (Phi) is 2.98. The molecule has 0 amide bonds. The Labute approximate surface area is 120 Å². The molecule has 0 saturated carbocycles. The molecule has 0 aromatic heterocycles. The lowest BCUT2D eigenvalue weighted by Crippen LogP contribution is -2.20. The molecule has 6 heteroatoms. The van der Waals surface area contributed by atoms with Crippen LogP contribution in [-0.4, -0.2) is 18.6 Å². The largest absolute Gasteiger partial charge is 0.289 e. The van der Waals surface area contributed by atoms with Crippen LogP contribution in [-0.2, 0) is 0 Å². The molecular weight excluding hydrogens is 268 g/mol. The summed E-state index contributed by atoms with van der Waals surface area (Å²) in [4.78, 5) is 25.0. The number of azo groups is 1. The molecule has 0 heterocycles. The lowest BCUT2D eigenvalue weighted by molar-refractivity contribution is 0.0979. The molecule has 21 heavy (non-hydrogen) atoms. The molecule has 0 radical (unpaired) electrons. The van der Waals surface area contributed by atoms with Crippen molar-refractivity contribution in [2.45, 2.75) is 0 Å². The molecule has 0 bridgehead atoms. The lowest BCUT2D eigenvalue weighted by atomic mass is 9.83. The van der Waals surface area contributed by atoms with Gasteiger partial charge in [-0.2, -0.15) is 15.3 Å². The number of ketones is 2. The average molecular weight is 278 g/mol. The van der Waals surface area contributed by atoms with Crippen LogP contribution in [0.3, 0.4) is 0 Å². The summed E-state index contributed by atoms with van der Waals surface area (Å²) in [5.41, 5.74) is 9.14. The molecule has 1 aliphatic rings. The van der Waals surface area contributed by atoms with E-state index in [0.717, 1.165) is 0 Å². The summed E-state index contributed by atoms with van der Waals surface area (Å²) in [6.07, 6.45) is 0. The summed E-state index contributed by atoms with van der Waals surface area (Å²) in [5.74, 6) is -0.477. The van der Waals surface area contributed by atoms with E-state index in [0.29, 0.717) is 28.1 Å². The van der Waals surface area contributed by atoms with Gasteiger partial charge in [-0.15, -0.1) is 0 Å². The summed E-state index contributed by atoms with van der Waals surface area (Å²) < 4.78 is 0. The number of nitrogens with zero attached hydrogens (tertiary/aromatic N) is 3. The number of fused-ring (bicyclic) bond motifs is 2. The Morgan fingerprint density at radius 3 is 1.86 bits per heavy atom. The van der Waals surface area contributed by atoms with Crippen LogP contribution in [0, 0.1) is 5.53 Å². The van der Waals surface area contributed by atoms with Crippen LogP contribution in [0.4, 0.5) is 11.4 Å². The van der Waals surface area contributed by atoms with E-state index in [-0.39, 0.29) is 17.1 Å². The Hall–Kier alpha value is -3.02. The standard InChI is InChI=1S/C15H10N4O2/c1-17-19-9-3-5-11-13(7-9)15(21)10-4-2-8(18-16)6-12(10)14(11)20/h2-7,16H,1H3. The minimum atomic E-state index is -0.245. The quantitative estimate of drug-likeness (QED) is 0.721. The second-order valence-corrected chi connectivity index (χ2v) is 4.53. The molecule has 3 rings (SSSR count). The summed E-state index contributed by atoms with van der Waals surface area (Å²) in [6, 6.07) is 9.31. The van der Waals surface area contributed by atoms with Gasteiger partial charge in [0.05, 0.1) is 11.4 Å². The topological polar surface area (TPSA) is 95.1 Å². The molecule has 0 saturated heterocycles. The fraction of sp³-hybridized carbons (Fsp3) is 0.0667. The van der Waals surface area contributed by atoms with E-state index in [1.165, 1.54) is 25.2 Å². The molecule has 6 nitrogen and oxygen atoms in total. The third kappa shape index (κ3) is 1.97. The van der Waals surface area contributed by atoms with Crippen molar-refractivity contribution in [2.24, 2.45) is 15.3 Å². The summed E-state index contributed by atoms with van der Waals surface area (Å²) >= 11 is 0.